The Morgan fingerprint density at radius 2 is 1.77 bits per heavy atom. The van der Waals surface area contributed by atoms with E-state index in [-0.39, 0.29) is 11.2 Å². The van der Waals surface area contributed by atoms with E-state index in [0.717, 1.165) is 17.1 Å². The second-order valence-electron chi connectivity index (χ2n) is 7.46. The van der Waals surface area contributed by atoms with Crippen molar-refractivity contribution in [1.29, 1.82) is 0 Å². The van der Waals surface area contributed by atoms with Crippen molar-refractivity contribution in [2.24, 2.45) is 0 Å². The Balaban J connectivity index is 1.49. The number of nitrogens with one attached hydrogen (secondary N) is 1. The maximum absolute atomic E-state index is 11.9. The minimum Gasteiger partial charge on any atom is -0.497 e. The fourth-order valence-corrected chi connectivity index (χ4v) is 3.79. The molecule has 3 rings (SSSR count). The van der Waals surface area contributed by atoms with Crippen molar-refractivity contribution in [1.82, 2.24) is 15.3 Å². The molecule has 10 heteroatoms. The lowest BCUT2D eigenvalue weighted by molar-refractivity contribution is -0.124. The number of benzene rings is 2. The van der Waals surface area contributed by atoms with Gasteiger partial charge in [-0.2, -0.15) is 11.8 Å². The molecule has 1 heterocycles. The summed E-state index contributed by atoms with van der Waals surface area (Å²) in [5.41, 5.74) is 0.986. The average Bonchev–Trinajstić information content (AvgIpc) is 2.88. The molecule has 9 nitrogen and oxygen atoms in total. The molecule has 3 aromatic rings. The molecule has 184 valence electrons. The van der Waals surface area contributed by atoms with Crippen LogP contribution in [0.4, 0.5) is 5.82 Å². The molecule has 0 radical (unpaired) electrons. The van der Waals surface area contributed by atoms with Crippen LogP contribution in [0.3, 0.4) is 0 Å². The summed E-state index contributed by atoms with van der Waals surface area (Å²) < 4.78 is 16.8. The van der Waals surface area contributed by atoms with Crippen molar-refractivity contribution in [3.05, 3.63) is 66.5 Å². The third-order valence-electron chi connectivity index (χ3n) is 5.12. The number of thioether (sulfide) groups is 1. The normalized spacial score (nSPS) is 11.3. The van der Waals surface area contributed by atoms with Crippen LogP contribution in [0.25, 0.3) is 0 Å². The molecule has 1 N–H and O–H groups in total. The Labute approximate surface area is 208 Å². The second-order valence-corrected chi connectivity index (χ2v) is 8.50. The number of imide groups is 1. The van der Waals surface area contributed by atoms with Crippen LogP contribution in [0.5, 0.6) is 23.1 Å². The van der Waals surface area contributed by atoms with E-state index in [1.807, 2.05) is 66.7 Å². The van der Waals surface area contributed by atoms with Gasteiger partial charge < -0.3 is 19.1 Å². The van der Waals surface area contributed by atoms with Crippen molar-refractivity contribution >= 4 is 29.9 Å². The largest absolute Gasteiger partial charge is 0.497 e. The van der Waals surface area contributed by atoms with Crippen LogP contribution in [0, 0.1) is 0 Å². The maximum Gasteiger partial charge on any atom is 0.239 e. The van der Waals surface area contributed by atoms with Gasteiger partial charge in [0.1, 0.15) is 36.0 Å². The zero-order chi connectivity index (χ0) is 25.0. The van der Waals surface area contributed by atoms with Gasteiger partial charge in [0.05, 0.1) is 18.9 Å². The fourth-order valence-electron chi connectivity index (χ4n) is 3.14. The molecular formula is C25H28N4O5S. The Bertz CT molecular complexity index is 1100. The van der Waals surface area contributed by atoms with E-state index in [9.17, 15) is 9.59 Å². The van der Waals surface area contributed by atoms with Gasteiger partial charge in [-0.3, -0.25) is 14.9 Å². The summed E-state index contributed by atoms with van der Waals surface area (Å²) in [5, 5.41) is 1.88. The minimum atomic E-state index is -0.327. The number of aromatic nitrogens is 2. The van der Waals surface area contributed by atoms with Gasteiger partial charge >= 0.3 is 0 Å². The topological polar surface area (TPSA) is 103 Å². The molecule has 1 unspecified atom stereocenters. The van der Waals surface area contributed by atoms with Crippen molar-refractivity contribution in [2.45, 2.75) is 11.7 Å². The molecule has 35 heavy (non-hydrogen) atoms. The number of amides is 2. The van der Waals surface area contributed by atoms with Gasteiger partial charge in [-0.05, 0) is 54.6 Å². The lowest BCUT2D eigenvalue weighted by Gasteiger charge is -2.19. The van der Waals surface area contributed by atoms with Crippen LogP contribution in [-0.4, -0.2) is 61.1 Å². The molecule has 0 aliphatic heterocycles. The lowest BCUT2D eigenvalue weighted by Crippen LogP contribution is -2.32. The summed E-state index contributed by atoms with van der Waals surface area (Å²) in [4.78, 5) is 32.8. The summed E-state index contributed by atoms with van der Waals surface area (Å²) in [6.07, 6.45) is 4.24. The summed E-state index contributed by atoms with van der Waals surface area (Å²) in [5.74, 6) is 2.98. The summed E-state index contributed by atoms with van der Waals surface area (Å²) in [6.45, 7) is 1.05. The van der Waals surface area contributed by atoms with Gasteiger partial charge in [0.2, 0.25) is 18.2 Å². The lowest BCUT2D eigenvalue weighted by atomic mass is 10.1. The minimum absolute atomic E-state index is 0.293. The van der Waals surface area contributed by atoms with Crippen LogP contribution in [0.2, 0.25) is 0 Å². The number of likely N-dealkylation sites (N-methyl/N-ethyl adjacent to an activating group) is 1. The van der Waals surface area contributed by atoms with Crippen LogP contribution < -0.4 is 24.4 Å². The Kier molecular flexibility index (Phi) is 9.73. The molecule has 0 saturated heterocycles. The van der Waals surface area contributed by atoms with Crippen LogP contribution in [0.15, 0.2) is 60.9 Å². The van der Waals surface area contributed by atoms with Crippen molar-refractivity contribution in [3.8, 4) is 23.1 Å². The molecule has 0 spiro atoms. The Hall–Kier alpha value is -3.79. The van der Waals surface area contributed by atoms with Crippen LogP contribution >= 0.6 is 11.8 Å². The molecule has 0 aliphatic rings. The van der Waals surface area contributed by atoms with Crippen molar-refractivity contribution in [2.75, 3.05) is 38.5 Å². The highest BCUT2D eigenvalue weighted by Gasteiger charge is 2.17. The predicted molar refractivity (Wildman–Crippen MR) is 136 cm³/mol. The SMILES string of the molecule is COc1ccc(Oc2cc(N(C)CCOc3ccc(CC(SC)C(=O)NC=O)cc3)ncn2)cc1. The smallest absolute Gasteiger partial charge is 0.239 e. The third-order valence-corrected chi connectivity index (χ3v) is 6.07. The first kappa shape index (κ1) is 25.8. The van der Waals surface area contributed by atoms with E-state index in [1.54, 1.807) is 13.2 Å². The molecule has 0 saturated carbocycles. The average molecular weight is 497 g/mol. The van der Waals surface area contributed by atoms with E-state index in [0.29, 0.717) is 43.4 Å². The third kappa shape index (κ3) is 7.89. The first-order valence-corrected chi connectivity index (χ1v) is 12.1. The number of rotatable bonds is 13. The molecule has 0 fully saturated rings. The second kappa shape index (κ2) is 13.2. The van der Waals surface area contributed by atoms with E-state index < -0.39 is 0 Å². The Morgan fingerprint density at radius 3 is 2.43 bits per heavy atom. The highest BCUT2D eigenvalue weighted by molar-refractivity contribution is 7.99. The zero-order valence-corrected chi connectivity index (χ0v) is 20.7. The molecule has 1 aromatic heterocycles. The van der Waals surface area contributed by atoms with E-state index in [4.69, 9.17) is 14.2 Å². The fraction of sp³-hybridized carbons (Fsp3) is 0.280. The highest BCUT2D eigenvalue weighted by Crippen LogP contribution is 2.24. The van der Waals surface area contributed by atoms with Crippen molar-refractivity contribution in [3.63, 3.8) is 0 Å². The number of anilines is 1. The predicted octanol–water partition coefficient (Wildman–Crippen LogP) is 3.34. The molecule has 1 atom stereocenters. The van der Waals surface area contributed by atoms with Gasteiger partial charge in [-0.25, -0.2) is 9.97 Å². The van der Waals surface area contributed by atoms with Crippen LogP contribution in [-0.2, 0) is 16.0 Å². The van der Waals surface area contributed by atoms with Gasteiger partial charge in [0.25, 0.3) is 0 Å². The summed E-state index contributed by atoms with van der Waals surface area (Å²) >= 11 is 1.40. The quantitative estimate of drug-likeness (QED) is 0.357. The first-order valence-electron chi connectivity index (χ1n) is 10.9. The summed E-state index contributed by atoms with van der Waals surface area (Å²) in [6, 6.07) is 16.6. The van der Waals surface area contributed by atoms with Gasteiger partial charge in [-0.1, -0.05) is 12.1 Å². The van der Waals surface area contributed by atoms with Crippen molar-refractivity contribution < 1.29 is 23.8 Å². The number of carbonyl (C=O) groups excluding carboxylic acids is 2. The molecule has 2 amide bonds. The van der Waals surface area contributed by atoms with E-state index >= 15 is 0 Å². The Morgan fingerprint density at radius 1 is 1.09 bits per heavy atom. The van der Waals surface area contributed by atoms with Crippen LogP contribution in [0.1, 0.15) is 5.56 Å². The molecule has 2 aromatic carbocycles. The number of hydrogen-bond acceptors (Lipinski definition) is 9. The van der Waals surface area contributed by atoms with Gasteiger partial charge in [0.15, 0.2) is 0 Å². The monoisotopic (exact) mass is 496 g/mol. The number of hydrogen-bond donors (Lipinski definition) is 1. The number of nitrogens with zero attached hydrogens (tertiary/aromatic N) is 3. The highest BCUT2D eigenvalue weighted by atomic mass is 32.2. The maximum atomic E-state index is 11.9. The standard InChI is InChI=1S/C25H28N4O5S/c1-29(23-15-24(27-16-26-23)34-21-10-8-19(32-2)9-11-21)12-13-33-20-6-4-18(5-7-20)14-22(35-3)25(31)28-17-30/h4-11,15-17,22H,12-14H2,1-3H3,(H,28,30,31). The van der Waals surface area contributed by atoms with Gasteiger partial charge in [-0.15, -0.1) is 0 Å². The van der Waals surface area contributed by atoms with E-state index in [1.165, 1.54) is 18.1 Å². The zero-order valence-electron chi connectivity index (χ0n) is 19.8. The number of methoxy groups -OCH3 is 1. The molecule has 0 aliphatic carbocycles. The molecule has 0 bridgehead atoms. The first-order chi connectivity index (χ1) is 17.0. The molecular weight excluding hydrogens is 468 g/mol. The van der Waals surface area contributed by atoms with Gasteiger partial charge in [0, 0.05) is 13.1 Å². The number of ether oxygens (including phenoxy) is 3. The van der Waals surface area contributed by atoms with E-state index in [2.05, 4.69) is 15.3 Å². The summed E-state index contributed by atoms with van der Waals surface area (Å²) in [7, 11) is 3.53. The number of carbonyl (C=O) groups is 2.